The first-order valence-corrected chi connectivity index (χ1v) is 5.87. The Morgan fingerprint density at radius 3 is 3.19 bits per heavy atom. The fourth-order valence-electron chi connectivity index (χ4n) is 1.47. The van der Waals surface area contributed by atoms with E-state index in [-0.39, 0.29) is 16.6 Å². The van der Waals surface area contributed by atoms with E-state index in [2.05, 4.69) is 4.98 Å². The van der Waals surface area contributed by atoms with E-state index in [0.29, 0.717) is 6.61 Å². The van der Waals surface area contributed by atoms with E-state index in [0.717, 1.165) is 12.6 Å². The van der Waals surface area contributed by atoms with Gasteiger partial charge in [0, 0.05) is 6.20 Å². The summed E-state index contributed by atoms with van der Waals surface area (Å²) < 4.78 is 19.8. The van der Waals surface area contributed by atoms with Gasteiger partial charge in [-0.25, -0.2) is 9.18 Å². The molecule has 0 aromatic carbocycles. The molecular weight excluding hydrogens is 233 g/mol. The summed E-state index contributed by atoms with van der Waals surface area (Å²) in [4.78, 5) is 14.9. The molecule has 7 heteroatoms. The van der Waals surface area contributed by atoms with Gasteiger partial charge in [0.2, 0.25) is 0 Å². The standard InChI is InChI=1S/C9H12FN3O2S/c1-2-7-15-4-6(16-7)13-3-5(10)8(11)12-9(13)14/h3,6-7H,2,4H2,1H3,(H2,11,12,14). The van der Waals surface area contributed by atoms with Gasteiger partial charge in [0.25, 0.3) is 0 Å². The zero-order chi connectivity index (χ0) is 11.7. The molecule has 0 saturated carbocycles. The number of nitrogens with zero attached hydrogens (tertiary/aromatic N) is 2. The summed E-state index contributed by atoms with van der Waals surface area (Å²) in [6.45, 7) is 2.37. The van der Waals surface area contributed by atoms with Crippen LogP contribution in [0.15, 0.2) is 11.0 Å². The minimum Gasteiger partial charge on any atom is -0.381 e. The molecule has 0 radical (unpaired) electrons. The number of hydrogen-bond donors (Lipinski definition) is 1. The Balaban J connectivity index is 2.28. The SMILES string of the molecule is CCC1OCC(n2cc(F)c(N)nc2=O)S1. The van der Waals surface area contributed by atoms with Gasteiger partial charge in [-0.1, -0.05) is 6.92 Å². The smallest absolute Gasteiger partial charge is 0.350 e. The van der Waals surface area contributed by atoms with Crippen LogP contribution < -0.4 is 11.4 Å². The third-order valence-corrected chi connectivity index (χ3v) is 3.76. The quantitative estimate of drug-likeness (QED) is 0.840. The predicted molar refractivity (Wildman–Crippen MR) is 59.5 cm³/mol. The van der Waals surface area contributed by atoms with Crippen molar-refractivity contribution < 1.29 is 9.13 Å². The molecule has 1 aliphatic rings. The number of thioether (sulfide) groups is 1. The van der Waals surface area contributed by atoms with Gasteiger partial charge in [-0.05, 0) is 6.42 Å². The molecular formula is C9H12FN3O2S. The van der Waals surface area contributed by atoms with Gasteiger partial charge in [-0.15, -0.1) is 11.8 Å². The maximum absolute atomic E-state index is 13.2. The average molecular weight is 245 g/mol. The van der Waals surface area contributed by atoms with Gasteiger partial charge >= 0.3 is 5.69 Å². The molecule has 0 bridgehead atoms. The number of nitrogen functional groups attached to an aromatic ring is 1. The molecule has 2 N–H and O–H groups in total. The van der Waals surface area contributed by atoms with E-state index in [1.54, 1.807) is 0 Å². The lowest BCUT2D eigenvalue weighted by Gasteiger charge is -2.11. The van der Waals surface area contributed by atoms with Crippen LogP contribution in [0.4, 0.5) is 10.2 Å². The number of anilines is 1. The molecule has 1 aliphatic heterocycles. The van der Waals surface area contributed by atoms with E-state index in [9.17, 15) is 9.18 Å². The molecule has 88 valence electrons. The summed E-state index contributed by atoms with van der Waals surface area (Å²) in [5, 5.41) is -0.222. The molecule has 5 nitrogen and oxygen atoms in total. The van der Waals surface area contributed by atoms with Gasteiger partial charge in [-0.3, -0.25) is 4.57 Å². The Morgan fingerprint density at radius 1 is 1.81 bits per heavy atom. The van der Waals surface area contributed by atoms with E-state index in [1.807, 2.05) is 6.92 Å². The lowest BCUT2D eigenvalue weighted by molar-refractivity contribution is 0.122. The average Bonchev–Trinajstić information content (AvgIpc) is 2.71. The zero-order valence-corrected chi connectivity index (χ0v) is 9.54. The Bertz CT molecular complexity index is 451. The molecule has 1 aromatic heterocycles. The minimum absolute atomic E-state index is 0.0533. The summed E-state index contributed by atoms with van der Waals surface area (Å²) in [5.41, 5.74) is 4.71. The summed E-state index contributed by atoms with van der Waals surface area (Å²) in [5.74, 6) is -1.04. The Kier molecular flexibility index (Phi) is 3.15. The maximum Gasteiger partial charge on any atom is 0.350 e. The molecule has 0 aliphatic carbocycles. The van der Waals surface area contributed by atoms with Gasteiger partial charge in [0.15, 0.2) is 11.6 Å². The number of nitrogens with two attached hydrogens (primary N) is 1. The van der Waals surface area contributed by atoms with Crippen molar-refractivity contribution in [3.63, 3.8) is 0 Å². The van der Waals surface area contributed by atoms with E-state index in [4.69, 9.17) is 10.5 Å². The Hall–Kier alpha value is -1.08. The fourth-order valence-corrected chi connectivity index (χ4v) is 2.61. The fraction of sp³-hybridized carbons (Fsp3) is 0.556. The van der Waals surface area contributed by atoms with E-state index in [1.165, 1.54) is 16.3 Å². The van der Waals surface area contributed by atoms with Gasteiger partial charge in [0.1, 0.15) is 10.8 Å². The normalized spacial score (nSPS) is 24.9. The number of ether oxygens (including phenoxy) is 1. The van der Waals surface area contributed by atoms with Gasteiger partial charge < -0.3 is 10.5 Å². The van der Waals surface area contributed by atoms with Gasteiger partial charge in [-0.2, -0.15) is 4.98 Å². The van der Waals surface area contributed by atoms with Crippen LogP contribution in [-0.2, 0) is 4.74 Å². The van der Waals surface area contributed by atoms with Crippen LogP contribution in [-0.4, -0.2) is 21.6 Å². The molecule has 0 spiro atoms. The van der Waals surface area contributed by atoms with Crippen molar-refractivity contribution in [1.82, 2.24) is 9.55 Å². The first-order chi connectivity index (χ1) is 7.61. The summed E-state index contributed by atoms with van der Waals surface area (Å²) in [6, 6.07) is 0. The highest BCUT2D eigenvalue weighted by Gasteiger charge is 2.27. The lowest BCUT2D eigenvalue weighted by atomic mass is 10.5. The topological polar surface area (TPSA) is 70.1 Å². The number of halogens is 1. The second kappa shape index (κ2) is 4.42. The Labute approximate surface area is 95.8 Å². The second-order valence-corrected chi connectivity index (χ2v) is 4.77. The summed E-state index contributed by atoms with van der Waals surface area (Å²) >= 11 is 1.49. The number of hydrogen-bond acceptors (Lipinski definition) is 5. The van der Waals surface area contributed by atoms with Crippen molar-refractivity contribution in [2.75, 3.05) is 12.3 Å². The molecule has 1 aromatic rings. The highest BCUT2D eigenvalue weighted by Crippen LogP contribution is 2.36. The van der Waals surface area contributed by atoms with E-state index < -0.39 is 11.5 Å². The predicted octanol–water partition coefficient (Wildman–Crippen LogP) is 0.963. The number of aromatic nitrogens is 2. The summed E-state index contributed by atoms with van der Waals surface area (Å²) in [7, 11) is 0. The lowest BCUT2D eigenvalue weighted by Crippen LogP contribution is -2.27. The van der Waals surface area contributed by atoms with Crippen molar-refractivity contribution >= 4 is 17.6 Å². The number of rotatable bonds is 2. The van der Waals surface area contributed by atoms with Gasteiger partial charge in [0.05, 0.1) is 6.61 Å². The van der Waals surface area contributed by atoms with Crippen molar-refractivity contribution in [2.45, 2.75) is 24.2 Å². The maximum atomic E-state index is 13.2. The van der Waals surface area contributed by atoms with E-state index >= 15 is 0 Å². The molecule has 1 fully saturated rings. The minimum atomic E-state index is -0.680. The second-order valence-electron chi connectivity index (χ2n) is 3.43. The van der Waals surface area contributed by atoms with Crippen molar-refractivity contribution in [3.8, 4) is 0 Å². The monoisotopic (exact) mass is 245 g/mol. The zero-order valence-electron chi connectivity index (χ0n) is 8.72. The first-order valence-electron chi connectivity index (χ1n) is 4.93. The van der Waals surface area contributed by atoms with Crippen LogP contribution in [0.1, 0.15) is 18.7 Å². The van der Waals surface area contributed by atoms with Crippen LogP contribution in [0.3, 0.4) is 0 Å². The van der Waals surface area contributed by atoms with Crippen LogP contribution in [0.5, 0.6) is 0 Å². The largest absolute Gasteiger partial charge is 0.381 e. The molecule has 2 unspecified atom stereocenters. The molecule has 2 rings (SSSR count). The molecule has 2 atom stereocenters. The molecule has 16 heavy (non-hydrogen) atoms. The summed E-state index contributed by atoms with van der Waals surface area (Å²) in [6.07, 6.45) is 1.94. The van der Waals surface area contributed by atoms with Crippen LogP contribution >= 0.6 is 11.8 Å². The van der Waals surface area contributed by atoms with Crippen LogP contribution in [0.2, 0.25) is 0 Å². The highest BCUT2D eigenvalue weighted by molar-refractivity contribution is 8.00. The third-order valence-electron chi connectivity index (χ3n) is 2.31. The van der Waals surface area contributed by atoms with Crippen LogP contribution in [0, 0.1) is 5.82 Å². The van der Waals surface area contributed by atoms with Crippen molar-refractivity contribution in [2.24, 2.45) is 0 Å². The van der Waals surface area contributed by atoms with Crippen molar-refractivity contribution in [3.05, 3.63) is 22.5 Å². The molecule has 0 amide bonds. The molecule has 2 heterocycles. The van der Waals surface area contributed by atoms with Crippen molar-refractivity contribution in [1.29, 1.82) is 0 Å². The van der Waals surface area contributed by atoms with Crippen LogP contribution in [0.25, 0.3) is 0 Å². The first kappa shape index (κ1) is 11.4. The third kappa shape index (κ3) is 2.05. The molecule has 1 saturated heterocycles. The Morgan fingerprint density at radius 2 is 2.56 bits per heavy atom. The highest BCUT2D eigenvalue weighted by atomic mass is 32.2.